The van der Waals surface area contributed by atoms with Crippen LogP contribution in [0.15, 0.2) is 18.2 Å². The van der Waals surface area contributed by atoms with Crippen LogP contribution in [-0.2, 0) is 11.2 Å². The van der Waals surface area contributed by atoms with E-state index >= 15 is 0 Å². The minimum Gasteiger partial charge on any atom is -0.482 e. The molecule has 0 spiro atoms. The van der Waals surface area contributed by atoms with E-state index in [0.717, 1.165) is 50.2 Å². The molecule has 2 aliphatic heterocycles. The first-order chi connectivity index (χ1) is 10.2. The van der Waals surface area contributed by atoms with E-state index in [1.165, 1.54) is 12.0 Å². The Bertz CT molecular complexity index is 510. The van der Waals surface area contributed by atoms with Crippen LogP contribution in [0.25, 0.3) is 0 Å². The van der Waals surface area contributed by atoms with Crippen molar-refractivity contribution in [3.63, 3.8) is 0 Å². The molecule has 1 aromatic carbocycles. The number of hydrogen-bond acceptors (Lipinski definition) is 3. The van der Waals surface area contributed by atoms with Gasteiger partial charge in [0.15, 0.2) is 6.61 Å². The van der Waals surface area contributed by atoms with Crippen molar-refractivity contribution in [3.8, 4) is 5.75 Å². The minimum atomic E-state index is 0.108. The van der Waals surface area contributed by atoms with Gasteiger partial charge in [-0.25, -0.2) is 0 Å². The third kappa shape index (κ3) is 3.31. The van der Waals surface area contributed by atoms with Crippen molar-refractivity contribution in [2.24, 2.45) is 0 Å². The Morgan fingerprint density at radius 3 is 2.95 bits per heavy atom. The highest BCUT2D eigenvalue weighted by atomic mass is 16.5. The second-order valence-corrected chi connectivity index (χ2v) is 6.10. The van der Waals surface area contributed by atoms with Crippen molar-refractivity contribution >= 4 is 11.6 Å². The van der Waals surface area contributed by atoms with Gasteiger partial charge in [-0.15, -0.1) is 0 Å². The lowest BCUT2D eigenvalue weighted by atomic mass is 9.98. The van der Waals surface area contributed by atoms with Crippen molar-refractivity contribution in [3.05, 3.63) is 23.8 Å². The average molecular weight is 288 g/mol. The summed E-state index contributed by atoms with van der Waals surface area (Å²) in [4.78, 5) is 14.1. The van der Waals surface area contributed by atoms with Crippen molar-refractivity contribution in [1.82, 2.24) is 4.90 Å². The number of aryl methyl sites for hydroxylation is 1. The molecule has 3 rings (SSSR count). The maximum absolute atomic E-state index is 12.2. The number of ether oxygens (including phenoxy) is 1. The van der Waals surface area contributed by atoms with Crippen LogP contribution in [0.5, 0.6) is 5.75 Å². The molecule has 0 radical (unpaired) electrons. The van der Waals surface area contributed by atoms with Gasteiger partial charge in [0.2, 0.25) is 0 Å². The van der Waals surface area contributed by atoms with Crippen molar-refractivity contribution in [2.75, 3.05) is 25.0 Å². The molecule has 0 saturated carbocycles. The molecule has 2 aliphatic rings. The number of carbonyl (C=O) groups is 1. The SMILES string of the molecule is CC1CCc2cccc(OCC(=O)N3CCCCC3)c2N1. The minimum absolute atomic E-state index is 0.108. The fraction of sp³-hybridized carbons (Fsp3) is 0.588. The fourth-order valence-corrected chi connectivity index (χ4v) is 3.13. The number of amides is 1. The Morgan fingerprint density at radius 2 is 2.14 bits per heavy atom. The van der Waals surface area contributed by atoms with Gasteiger partial charge in [-0.3, -0.25) is 4.79 Å². The third-order valence-corrected chi connectivity index (χ3v) is 4.41. The number of piperidine rings is 1. The zero-order chi connectivity index (χ0) is 14.7. The van der Waals surface area contributed by atoms with Gasteiger partial charge in [-0.1, -0.05) is 12.1 Å². The molecular weight excluding hydrogens is 264 g/mol. The van der Waals surface area contributed by atoms with E-state index in [2.05, 4.69) is 18.3 Å². The topological polar surface area (TPSA) is 41.6 Å². The summed E-state index contributed by atoms with van der Waals surface area (Å²) in [5.74, 6) is 0.917. The summed E-state index contributed by atoms with van der Waals surface area (Å²) in [6, 6.07) is 6.55. The van der Waals surface area contributed by atoms with Crippen LogP contribution in [0.4, 0.5) is 5.69 Å². The van der Waals surface area contributed by atoms with Gasteiger partial charge >= 0.3 is 0 Å². The van der Waals surface area contributed by atoms with Crippen LogP contribution in [-0.4, -0.2) is 36.5 Å². The molecule has 4 heteroatoms. The van der Waals surface area contributed by atoms with Gasteiger partial charge in [0.05, 0.1) is 5.69 Å². The Hall–Kier alpha value is -1.71. The molecule has 1 fully saturated rings. The van der Waals surface area contributed by atoms with E-state index in [1.54, 1.807) is 0 Å². The lowest BCUT2D eigenvalue weighted by Gasteiger charge is -2.28. The van der Waals surface area contributed by atoms with Gasteiger partial charge in [-0.05, 0) is 50.7 Å². The number of fused-ring (bicyclic) bond motifs is 1. The first-order valence-corrected chi connectivity index (χ1v) is 8.03. The number of carbonyl (C=O) groups excluding carboxylic acids is 1. The number of nitrogens with one attached hydrogen (secondary N) is 1. The zero-order valence-corrected chi connectivity index (χ0v) is 12.7. The molecule has 0 aromatic heterocycles. The first kappa shape index (κ1) is 14.2. The number of likely N-dealkylation sites (tertiary alicyclic amines) is 1. The summed E-state index contributed by atoms with van der Waals surface area (Å²) in [5.41, 5.74) is 2.36. The summed E-state index contributed by atoms with van der Waals surface area (Å²) in [6.45, 7) is 4.08. The summed E-state index contributed by atoms with van der Waals surface area (Å²) in [7, 11) is 0. The van der Waals surface area contributed by atoms with E-state index in [9.17, 15) is 4.79 Å². The lowest BCUT2D eigenvalue weighted by Crippen LogP contribution is -2.38. The van der Waals surface area contributed by atoms with Gasteiger partial charge < -0.3 is 15.0 Å². The summed E-state index contributed by atoms with van der Waals surface area (Å²) >= 11 is 0. The quantitative estimate of drug-likeness (QED) is 0.930. The molecule has 1 amide bonds. The van der Waals surface area contributed by atoms with Crippen molar-refractivity contribution < 1.29 is 9.53 Å². The number of para-hydroxylation sites is 1. The van der Waals surface area contributed by atoms with Crippen LogP contribution in [0.3, 0.4) is 0 Å². The molecular formula is C17H24N2O2. The van der Waals surface area contributed by atoms with E-state index in [-0.39, 0.29) is 12.5 Å². The zero-order valence-electron chi connectivity index (χ0n) is 12.7. The van der Waals surface area contributed by atoms with Gasteiger partial charge in [0, 0.05) is 19.1 Å². The summed E-state index contributed by atoms with van der Waals surface area (Å²) in [5, 5.41) is 3.48. The maximum Gasteiger partial charge on any atom is 0.260 e. The molecule has 114 valence electrons. The molecule has 1 atom stereocenters. The molecule has 2 heterocycles. The smallest absolute Gasteiger partial charge is 0.260 e. The number of hydrogen-bond donors (Lipinski definition) is 1. The largest absolute Gasteiger partial charge is 0.482 e. The van der Waals surface area contributed by atoms with Gasteiger partial charge in [0.25, 0.3) is 5.91 Å². The molecule has 0 aliphatic carbocycles. The van der Waals surface area contributed by atoms with E-state index in [0.29, 0.717) is 6.04 Å². The number of anilines is 1. The lowest BCUT2D eigenvalue weighted by molar-refractivity contribution is -0.134. The van der Waals surface area contributed by atoms with Crippen LogP contribution in [0, 0.1) is 0 Å². The summed E-state index contributed by atoms with van der Waals surface area (Å²) < 4.78 is 5.81. The van der Waals surface area contributed by atoms with E-state index in [4.69, 9.17) is 4.74 Å². The molecule has 1 N–H and O–H groups in total. The second kappa shape index (κ2) is 6.37. The monoisotopic (exact) mass is 288 g/mol. The number of benzene rings is 1. The van der Waals surface area contributed by atoms with Crippen LogP contribution >= 0.6 is 0 Å². The maximum atomic E-state index is 12.2. The Labute approximate surface area is 126 Å². The number of nitrogens with zero attached hydrogens (tertiary/aromatic N) is 1. The summed E-state index contributed by atoms with van der Waals surface area (Å²) in [6.07, 6.45) is 5.68. The Morgan fingerprint density at radius 1 is 1.33 bits per heavy atom. The van der Waals surface area contributed by atoms with Gasteiger partial charge in [-0.2, -0.15) is 0 Å². The van der Waals surface area contributed by atoms with Crippen LogP contribution in [0.2, 0.25) is 0 Å². The predicted molar refractivity (Wildman–Crippen MR) is 83.8 cm³/mol. The van der Waals surface area contributed by atoms with E-state index in [1.807, 2.05) is 17.0 Å². The molecule has 1 aromatic rings. The molecule has 1 unspecified atom stereocenters. The number of rotatable bonds is 3. The highest BCUT2D eigenvalue weighted by molar-refractivity contribution is 5.78. The second-order valence-electron chi connectivity index (χ2n) is 6.10. The van der Waals surface area contributed by atoms with Gasteiger partial charge in [0.1, 0.15) is 5.75 Å². The molecule has 0 bridgehead atoms. The Kier molecular flexibility index (Phi) is 4.32. The van der Waals surface area contributed by atoms with Crippen LogP contribution in [0.1, 0.15) is 38.2 Å². The highest BCUT2D eigenvalue weighted by Crippen LogP contribution is 2.33. The van der Waals surface area contributed by atoms with Crippen molar-refractivity contribution in [2.45, 2.75) is 45.1 Å². The van der Waals surface area contributed by atoms with Crippen LogP contribution < -0.4 is 10.1 Å². The fourth-order valence-electron chi connectivity index (χ4n) is 3.13. The average Bonchev–Trinajstić information content (AvgIpc) is 2.53. The predicted octanol–water partition coefficient (Wildman–Crippen LogP) is 2.82. The molecule has 4 nitrogen and oxygen atoms in total. The molecule has 1 saturated heterocycles. The van der Waals surface area contributed by atoms with Crippen molar-refractivity contribution in [1.29, 1.82) is 0 Å². The Balaban J connectivity index is 1.64. The first-order valence-electron chi connectivity index (χ1n) is 8.03. The highest BCUT2D eigenvalue weighted by Gasteiger charge is 2.20. The third-order valence-electron chi connectivity index (χ3n) is 4.41. The normalized spacial score (nSPS) is 21.4. The van der Waals surface area contributed by atoms with E-state index < -0.39 is 0 Å². The standard InChI is InChI=1S/C17H24N2O2/c1-13-8-9-14-6-5-7-15(17(14)18-13)21-12-16(20)19-10-3-2-4-11-19/h5-7,13,18H,2-4,8-12H2,1H3. The molecule has 21 heavy (non-hydrogen) atoms.